The van der Waals surface area contributed by atoms with Crippen LogP contribution in [0.25, 0.3) is 11.1 Å². The molecule has 230 valence electrons. The fourth-order valence-electron chi connectivity index (χ4n) is 6.36. The Morgan fingerprint density at radius 1 is 0.953 bits per heavy atom. The summed E-state index contributed by atoms with van der Waals surface area (Å²) in [6, 6.07) is 19.0. The van der Waals surface area contributed by atoms with Crippen molar-refractivity contribution in [2.45, 2.75) is 31.8 Å². The lowest BCUT2D eigenvalue weighted by Gasteiger charge is -2.39. The van der Waals surface area contributed by atoms with Crippen LogP contribution in [0.3, 0.4) is 0 Å². The molecule has 2 heterocycles. The van der Waals surface area contributed by atoms with Gasteiger partial charge in [0, 0.05) is 49.9 Å². The van der Waals surface area contributed by atoms with Gasteiger partial charge in [-0.15, -0.1) is 0 Å². The van der Waals surface area contributed by atoms with E-state index in [0.717, 1.165) is 43.9 Å². The first-order chi connectivity index (χ1) is 20.9. The van der Waals surface area contributed by atoms with E-state index < -0.39 is 6.04 Å². The van der Waals surface area contributed by atoms with E-state index in [2.05, 4.69) is 46.2 Å². The molecule has 0 bridgehead atoms. The molecule has 1 atom stereocenters. The van der Waals surface area contributed by atoms with Crippen molar-refractivity contribution in [1.29, 1.82) is 0 Å². The average molecular weight is 609 g/mol. The van der Waals surface area contributed by atoms with E-state index in [1.54, 1.807) is 13.2 Å². The number of piperidine rings is 1. The third kappa shape index (κ3) is 7.50. The number of rotatable bonds is 10. The highest BCUT2D eigenvalue weighted by Gasteiger charge is 2.33. The third-order valence-electron chi connectivity index (χ3n) is 8.93. The monoisotopic (exact) mass is 608 g/mol. The average Bonchev–Trinajstić information content (AvgIpc) is 3.05. The molecule has 2 aliphatic heterocycles. The number of hydrogen-bond acceptors (Lipinski definition) is 6. The van der Waals surface area contributed by atoms with Crippen molar-refractivity contribution in [3.63, 3.8) is 0 Å². The SMILES string of the molecule is COc1ccc(F)c(CN2CCN(C(=O)[C@H](N)C3CCN(CCc4cc(Cl)ccc4-c4ccccc4)CC3)CC2)c1OC. The van der Waals surface area contributed by atoms with Crippen LogP contribution >= 0.6 is 11.6 Å². The molecule has 2 N–H and O–H groups in total. The standard InChI is InChI=1S/C34H42ClFN4O3/c1-42-31-11-10-30(36)29(33(31)43-2)23-39-18-20-40(21-19-39)34(41)32(37)25-12-15-38(16-13-25)17-14-26-22-27(35)8-9-28(26)24-6-4-3-5-7-24/h3-11,22,25,32H,12-21,23,37H2,1-2H3/t32-/m1/s1. The van der Waals surface area contributed by atoms with E-state index in [4.69, 9.17) is 26.8 Å². The number of likely N-dealkylation sites (tertiary alicyclic amines) is 1. The molecule has 3 aromatic rings. The van der Waals surface area contributed by atoms with Crippen LogP contribution in [0, 0.1) is 11.7 Å². The molecular weight excluding hydrogens is 567 g/mol. The second kappa shape index (κ2) is 14.5. The first-order valence-corrected chi connectivity index (χ1v) is 15.5. The first kappa shape index (κ1) is 31.3. The van der Waals surface area contributed by atoms with Crippen molar-refractivity contribution in [3.8, 4) is 22.6 Å². The maximum Gasteiger partial charge on any atom is 0.239 e. The van der Waals surface area contributed by atoms with Crippen LogP contribution in [-0.2, 0) is 17.8 Å². The smallest absolute Gasteiger partial charge is 0.239 e. The third-order valence-corrected chi connectivity index (χ3v) is 9.17. The van der Waals surface area contributed by atoms with E-state index in [9.17, 15) is 9.18 Å². The van der Waals surface area contributed by atoms with Gasteiger partial charge in [0.15, 0.2) is 11.5 Å². The van der Waals surface area contributed by atoms with Crippen LogP contribution < -0.4 is 15.2 Å². The lowest BCUT2D eigenvalue weighted by atomic mass is 9.88. The normalized spacial score (nSPS) is 17.6. The van der Waals surface area contributed by atoms with Crippen molar-refractivity contribution in [2.75, 3.05) is 60.0 Å². The highest BCUT2D eigenvalue weighted by molar-refractivity contribution is 6.30. The quantitative estimate of drug-likeness (QED) is 0.346. The van der Waals surface area contributed by atoms with Crippen molar-refractivity contribution < 1.29 is 18.7 Å². The second-order valence-corrected chi connectivity index (χ2v) is 11.9. The van der Waals surface area contributed by atoms with E-state index in [0.29, 0.717) is 49.8 Å². The van der Waals surface area contributed by atoms with Crippen LogP contribution in [0.1, 0.15) is 24.0 Å². The second-order valence-electron chi connectivity index (χ2n) is 11.5. The van der Waals surface area contributed by atoms with Gasteiger partial charge in [-0.25, -0.2) is 4.39 Å². The van der Waals surface area contributed by atoms with Gasteiger partial charge in [0.1, 0.15) is 5.82 Å². The highest BCUT2D eigenvalue weighted by atomic mass is 35.5. The molecule has 0 unspecified atom stereocenters. The zero-order valence-electron chi connectivity index (χ0n) is 25.1. The van der Waals surface area contributed by atoms with E-state index in [1.807, 2.05) is 17.0 Å². The summed E-state index contributed by atoms with van der Waals surface area (Å²) >= 11 is 6.36. The molecule has 2 fully saturated rings. The minimum absolute atomic E-state index is 0.0228. The molecule has 0 radical (unpaired) electrons. The predicted molar refractivity (Wildman–Crippen MR) is 169 cm³/mol. The molecule has 1 amide bonds. The van der Waals surface area contributed by atoms with E-state index in [-0.39, 0.29) is 17.6 Å². The lowest BCUT2D eigenvalue weighted by Crippen LogP contribution is -2.55. The minimum Gasteiger partial charge on any atom is -0.493 e. The van der Waals surface area contributed by atoms with E-state index in [1.165, 1.54) is 29.9 Å². The Morgan fingerprint density at radius 3 is 2.35 bits per heavy atom. The molecule has 43 heavy (non-hydrogen) atoms. The van der Waals surface area contributed by atoms with Crippen molar-refractivity contribution >= 4 is 17.5 Å². The van der Waals surface area contributed by atoms with Crippen molar-refractivity contribution in [3.05, 3.63) is 82.6 Å². The molecule has 2 aliphatic rings. The Bertz CT molecular complexity index is 1380. The number of piperazine rings is 1. The summed E-state index contributed by atoms with van der Waals surface area (Å²) in [7, 11) is 3.06. The molecule has 0 aromatic heterocycles. The number of hydrogen-bond donors (Lipinski definition) is 1. The molecule has 0 saturated carbocycles. The van der Waals surface area contributed by atoms with Crippen LogP contribution in [0.15, 0.2) is 60.7 Å². The topological polar surface area (TPSA) is 71.3 Å². The van der Waals surface area contributed by atoms with Gasteiger partial charge in [0.2, 0.25) is 5.91 Å². The Morgan fingerprint density at radius 2 is 1.67 bits per heavy atom. The van der Waals surface area contributed by atoms with Crippen LogP contribution in [-0.4, -0.2) is 86.7 Å². The zero-order chi connectivity index (χ0) is 30.3. The Labute approximate surface area is 259 Å². The van der Waals surface area contributed by atoms with Gasteiger partial charge in [-0.1, -0.05) is 48.0 Å². The van der Waals surface area contributed by atoms with Crippen LogP contribution in [0.2, 0.25) is 5.02 Å². The van der Waals surface area contributed by atoms with Gasteiger partial charge in [0.05, 0.1) is 20.3 Å². The highest BCUT2D eigenvalue weighted by Crippen LogP contribution is 2.34. The van der Waals surface area contributed by atoms with Gasteiger partial charge in [-0.3, -0.25) is 9.69 Å². The van der Waals surface area contributed by atoms with Gasteiger partial charge in [-0.2, -0.15) is 0 Å². The molecular formula is C34H42ClFN4O3. The maximum absolute atomic E-state index is 14.6. The fraction of sp³-hybridized carbons (Fsp3) is 0.441. The molecule has 0 aliphatic carbocycles. The van der Waals surface area contributed by atoms with Gasteiger partial charge in [0.25, 0.3) is 0 Å². The lowest BCUT2D eigenvalue weighted by molar-refractivity contribution is -0.136. The fourth-order valence-corrected chi connectivity index (χ4v) is 6.55. The summed E-state index contributed by atoms with van der Waals surface area (Å²) < 4.78 is 25.4. The van der Waals surface area contributed by atoms with Gasteiger partial charge >= 0.3 is 0 Å². The molecule has 2 saturated heterocycles. The summed E-state index contributed by atoms with van der Waals surface area (Å²) in [5.41, 5.74) is 10.7. The Hall–Kier alpha value is -3.17. The van der Waals surface area contributed by atoms with Crippen LogP contribution in [0.4, 0.5) is 4.39 Å². The summed E-state index contributed by atoms with van der Waals surface area (Å²) in [5.74, 6) is 0.788. The molecule has 9 heteroatoms. The van der Waals surface area contributed by atoms with Gasteiger partial charge < -0.3 is 25.0 Å². The number of amides is 1. The minimum atomic E-state index is -0.498. The Balaban J connectivity index is 1.09. The number of benzene rings is 3. The molecule has 0 spiro atoms. The number of nitrogens with two attached hydrogens (primary N) is 1. The van der Waals surface area contributed by atoms with Crippen LogP contribution in [0.5, 0.6) is 11.5 Å². The number of halogens is 2. The number of carbonyl (C=O) groups excluding carboxylic acids is 1. The zero-order valence-corrected chi connectivity index (χ0v) is 25.9. The summed E-state index contributed by atoms with van der Waals surface area (Å²) in [5, 5.41) is 0.755. The number of nitrogens with zero attached hydrogens (tertiary/aromatic N) is 3. The molecule has 7 nitrogen and oxygen atoms in total. The maximum atomic E-state index is 14.6. The largest absolute Gasteiger partial charge is 0.493 e. The van der Waals surface area contributed by atoms with Gasteiger partial charge in [-0.05, 0) is 79.2 Å². The Kier molecular flexibility index (Phi) is 10.6. The first-order valence-electron chi connectivity index (χ1n) is 15.1. The summed E-state index contributed by atoms with van der Waals surface area (Å²) in [4.78, 5) is 19.8. The van der Waals surface area contributed by atoms with Crippen molar-refractivity contribution in [1.82, 2.24) is 14.7 Å². The number of carbonyl (C=O) groups is 1. The molecule has 3 aromatic carbocycles. The van der Waals surface area contributed by atoms with Crippen molar-refractivity contribution in [2.24, 2.45) is 11.7 Å². The predicted octanol–water partition coefficient (Wildman–Crippen LogP) is 5.09. The molecule has 5 rings (SSSR count). The summed E-state index contributed by atoms with van der Waals surface area (Å²) in [6.45, 7) is 5.61. The number of ether oxygens (including phenoxy) is 2. The number of methoxy groups -OCH3 is 2. The van der Waals surface area contributed by atoms with E-state index >= 15 is 0 Å². The summed E-state index contributed by atoms with van der Waals surface area (Å²) in [6.07, 6.45) is 2.72.